The van der Waals surface area contributed by atoms with Gasteiger partial charge in [0.15, 0.2) is 0 Å². The summed E-state index contributed by atoms with van der Waals surface area (Å²) in [5.74, 6) is 0. The summed E-state index contributed by atoms with van der Waals surface area (Å²) in [4.78, 5) is 20.7. The first-order chi connectivity index (χ1) is 14.4. The molecule has 0 spiro atoms. The van der Waals surface area contributed by atoms with E-state index in [1.165, 1.54) is 5.56 Å². The summed E-state index contributed by atoms with van der Waals surface area (Å²) in [6, 6.07) is 10.2. The summed E-state index contributed by atoms with van der Waals surface area (Å²) in [5, 5.41) is 11.4. The summed E-state index contributed by atoms with van der Waals surface area (Å²) in [7, 11) is 3.74. The van der Waals surface area contributed by atoms with Crippen LogP contribution < -0.4 is 5.56 Å². The Labute approximate surface area is 175 Å². The molecule has 0 fully saturated rings. The van der Waals surface area contributed by atoms with Gasteiger partial charge in [0.1, 0.15) is 6.10 Å². The van der Waals surface area contributed by atoms with Crippen LogP contribution in [-0.2, 0) is 23.6 Å². The van der Waals surface area contributed by atoms with Gasteiger partial charge in [0, 0.05) is 37.5 Å². The average Bonchev–Trinajstić information content (AvgIpc) is 3.04. The molecule has 30 heavy (non-hydrogen) atoms. The van der Waals surface area contributed by atoms with Crippen molar-refractivity contribution in [2.75, 3.05) is 0 Å². The molecule has 4 rings (SSSR count). The molecule has 7 nitrogen and oxygen atoms in total. The van der Waals surface area contributed by atoms with E-state index < -0.39 is 0 Å². The van der Waals surface area contributed by atoms with Crippen molar-refractivity contribution in [1.29, 1.82) is 0 Å². The predicted octanol–water partition coefficient (Wildman–Crippen LogP) is 3.76. The van der Waals surface area contributed by atoms with Gasteiger partial charge in [-0.2, -0.15) is 5.10 Å². The van der Waals surface area contributed by atoms with Gasteiger partial charge in [-0.05, 0) is 24.5 Å². The molecule has 0 saturated carbocycles. The lowest BCUT2D eigenvalue weighted by molar-refractivity contribution is -0.122. The Bertz CT molecular complexity index is 1080. The first kappa shape index (κ1) is 21.5. The van der Waals surface area contributed by atoms with Crippen LogP contribution in [-0.4, -0.2) is 25.9 Å². The molecule has 1 aliphatic rings. The molecule has 0 aliphatic carbocycles. The molecule has 3 heterocycles. The Kier molecular flexibility index (Phi) is 6.52. The van der Waals surface area contributed by atoms with Crippen molar-refractivity contribution in [3.8, 4) is 11.1 Å². The van der Waals surface area contributed by atoms with Gasteiger partial charge in [0.05, 0.1) is 18.0 Å². The van der Waals surface area contributed by atoms with E-state index >= 15 is 0 Å². The van der Waals surface area contributed by atoms with Gasteiger partial charge in [-0.3, -0.25) is 14.3 Å². The van der Waals surface area contributed by atoms with E-state index in [1.807, 2.05) is 24.1 Å². The highest BCUT2D eigenvalue weighted by molar-refractivity contribution is 5.70. The molecule has 1 N–H and O–H groups in total. The Morgan fingerprint density at radius 1 is 1.20 bits per heavy atom. The first-order valence-corrected chi connectivity index (χ1v) is 9.93. The number of fused-ring (bicyclic) bond motifs is 3. The zero-order chi connectivity index (χ0) is 21.8. The number of rotatable bonds is 3. The summed E-state index contributed by atoms with van der Waals surface area (Å²) >= 11 is 0. The van der Waals surface area contributed by atoms with Crippen LogP contribution in [0.25, 0.3) is 11.1 Å². The van der Waals surface area contributed by atoms with Crippen molar-refractivity contribution in [3.05, 3.63) is 75.5 Å². The van der Waals surface area contributed by atoms with E-state index in [9.17, 15) is 4.79 Å². The fourth-order valence-corrected chi connectivity index (χ4v) is 3.87. The number of hydrogen-bond donors (Lipinski definition) is 1. The molecule has 0 bridgehead atoms. The maximum absolute atomic E-state index is 12.3. The molecule has 2 aromatic heterocycles. The second-order valence-electron chi connectivity index (χ2n) is 7.47. The van der Waals surface area contributed by atoms with Gasteiger partial charge < -0.3 is 14.4 Å². The first-order valence-electron chi connectivity index (χ1n) is 9.93. The molecule has 158 valence electrons. The Morgan fingerprint density at radius 2 is 1.87 bits per heavy atom. The van der Waals surface area contributed by atoms with Crippen molar-refractivity contribution >= 4 is 6.47 Å². The average molecular weight is 409 g/mol. The molecule has 2 atom stereocenters. The van der Waals surface area contributed by atoms with Gasteiger partial charge in [-0.25, -0.2) is 0 Å². The SMILES string of the molecule is CCCC1OC(c2ccc(C)cc2)c2c(cnn2C)-c2cn(C)c(=O)cc21.O=CO. The molecule has 0 saturated heterocycles. The van der Waals surface area contributed by atoms with Crippen LogP contribution in [0.3, 0.4) is 0 Å². The molecular formula is C23H27N3O4. The van der Waals surface area contributed by atoms with E-state index in [1.54, 1.807) is 17.7 Å². The lowest BCUT2D eigenvalue weighted by atomic mass is 9.96. The van der Waals surface area contributed by atoms with Crippen molar-refractivity contribution < 1.29 is 14.6 Å². The number of carboxylic acid groups (broad SMARTS) is 1. The molecular weight excluding hydrogens is 382 g/mol. The lowest BCUT2D eigenvalue weighted by Gasteiger charge is -2.24. The van der Waals surface area contributed by atoms with Crippen LogP contribution >= 0.6 is 0 Å². The highest BCUT2D eigenvalue weighted by Crippen LogP contribution is 2.44. The number of ether oxygens (including phenoxy) is 1. The maximum Gasteiger partial charge on any atom is 0.290 e. The largest absolute Gasteiger partial charge is 0.483 e. The fraction of sp³-hybridized carbons (Fsp3) is 0.348. The van der Waals surface area contributed by atoms with E-state index in [2.05, 4.69) is 43.2 Å². The quantitative estimate of drug-likeness (QED) is 0.666. The smallest absolute Gasteiger partial charge is 0.290 e. The summed E-state index contributed by atoms with van der Waals surface area (Å²) in [6.07, 6.45) is 5.30. The van der Waals surface area contributed by atoms with Gasteiger partial charge in [-0.1, -0.05) is 43.2 Å². The Balaban J connectivity index is 0.000000806. The van der Waals surface area contributed by atoms with E-state index in [-0.39, 0.29) is 24.2 Å². The highest BCUT2D eigenvalue weighted by Gasteiger charge is 2.33. The van der Waals surface area contributed by atoms with Crippen molar-refractivity contribution in [3.63, 3.8) is 0 Å². The van der Waals surface area contributed by atoms with Crippen LogP contribution in [0.1, 0.15) is 54.4 Å². The van der Waals surface area contributed by atoms with Crippen molar-refractivity contribution in [1.82, 2.24) is 14.3 Å². The molecule has 2 unspecified atom stereocenters. The second-order valence-corrected chi connectivity index (χ2v) is 7.47. The molecule has 0 radical (unpaired) electrons. The van der Waals surface area contributed by atoms with E-state index in [0.29, 0.717) is 0 Å². The normalized spacial score (nSPS) is 17.2. The summed E-state index contributed by atoms with van der Waals surface area (Å²) < 4.78 is 10.2. The third kappa shape index (κ3) is 4.07. The summed E-state index contributed by atoms with van der Waals surface area (Å²) in [6.45, 7) is 3.98. The van der Waals surface area contributed by atoms with Gasteiger partial charge >= 0.3 is 0 Å². The zero-order valence-electron chi connectivity index (χ0n) is 17.7. The van der Waals surface area contributed by atoms with E-state index in [4.69, 9.17) is 14.6 Å². The minimum absolute atomic E-state index is 0.0160. The maximum atomic E-state index is 12.3. The number of pyridine rings is 1. The van der Waals surface area contributed by atoms with Crippen LogP contribution in [0.2, 0.25) is 0 Å². The number of carbonyl (C=O) groups is 1. The highest BCUT2D eigenvalue weighted by atomic mass is 16.5. The molecule has 3 aromatic rings. The molecule has 1 aliphatic heterocycles. The van der Waals surface area contributed by atoms with E-state index in [0.717, 1.165) is 40.8 Å². The topological polar surface area (TPSA) is 86.4 Å². The molecule has 0 amide bonds. The number of hydrogen-bond acceptors (Lipinski definition) is 4. The minimum atomic E-state index is -0.250. The van der Waals surface area contributed by atoms with Crippen LogP contribution in [0.4, 0.5) is 0 Å². The minimum Gasteiger partial charge on any atom is -0.483 e. The third-order valence-corrected chi connectivity index (χ3v) is 5.36. The van der Waals surface area contributed by atoms with Crippen molar-refractivity contribution in [2.45, 2.75) is 38.9 Å². The molecule has 1 aromatic carbocycles. The third-order valence-electron chi connectivity index (χ3n) is 5.36. The monoisotopic (exact) mass is 409 g/mol. The van der Waals surface area contributed by atoms with Gasteiger partial charge in [-0.15, -0.1) is 0 Å². The number of aromatic nitrogens is 3. The van der Waals surface area contributed by atoms with Crippen molar-refractivity contribution in [2.24, 2.45) is 14.1 Å². The number of aryl methyl sites for hydroxylation is 3. The van der Waals surface area contributed by atoms with Crippen LogP contribution in [0.15, 0.2) is 47.5 Å². The molecule has 7 heteroatoms. The second kappa shape index (κ2) is 9.09. The number of benzene rings is 1. The Hall–Kier alpha value is -3.19. The fourth-order valence-electron chi connectivity index (χ4n) is 3.87. The lowest BCUT2D eigenvalue weighted by Crippen LogP contribution is -2.18. The number of nitrogens with zero attached hydrogens (tertiary/aromatic N) is 3. The predicted molar refractivity (Wildman–Crippen MR) is 114 cm³/mol. The van der Waals surface area contributed by atoms with Gasteiger partial charge in [0.25, 0.3) is 12.0 Å². The Morgan fingerprint density at radius 3 is 2.50 bits per heavy atom. The zero-order valence-corrected chi connectivity index (χ0v) is 17.7. The standard InChI is InChI=1S/C22H25N3O2.CH2O2/c1-5-6-19-16-11-20(26)24(3)13-18(16)17-12-23-25(4)21(17)22(27-19)15-9-7-14(2)8-10-15;2-1-3/h7-13,19,22H,5-6H2,1-4H3;1H,(H,2,3). The van der Waals surface area contributed by atoms with Crippen LogP contribution in [0.5, 0.6) is 0 Å². The van der Waals surface area contributed by atoms with Gasteiger partial charge in [0.2, 0.25) is 0 Å². The van der Waals surface area contributed by atoms with Crippen LogP contribution in [0, 0.1) is 6.92 Å². The summed E-state index contributed by atoms with van der Waals surface area (Å²) in [5.41, 5.74) is 6.36.